The molecule has 6 nitrogen and oxygen atoms in total. The van der Waals surface area contributed by atoms with Gasteiger partial charge in [-0.15, -0.1) is 10.2 Å². The molecule has 6 heteroatoms. The molecule has 0 spiro atoms. The third-order valence-electron chi connectivity index (χ3n) is 2.78. The average Bonchev–Trinajstić information content (AvgIpc) is 2.89. The van der Waals surface area contributed by atoms with Crippen molar-refractivity contribution in [1.29, 1.82) is 0 Å². The summed E-state index contributed by atoms with van der Waals surface area (Å²) in [4.78, 5) is 1.47. The molecule has 1 atom stereocenters. The molecular formula is C11H18N6. The highest BCUT2D eigenvalue weighted by Crippen LogP contribution is 2.08. The minimum atomic E-state index is 0.207. The van der Waals surface area contributed by atoms with E-state index in [4.69, 9.17) is 5.73 Å². The van der Waals surface area contributed by atoms with Gasteiger partial charge in [0.05, 0.1) is 13.6 Å². The predicted octanol–water partition coefficient (Wildman–Crippen LogP) is 0.340. The maximum Gasteiger partial charge on any atom is 0.194 e. The van der Waals surface area contributed by atoms with E-state index in [2.05, 4.69) is 33.0 Å². The van der Waals surface area contributed by atoms with Crippen LogP contribution in [0.4, 0.5) is 0 Å². The maximum absolute atomic E-state index is 5.97. The minimum Gasteiger partial charge on any atom is -0.344 e. The van der Waals surface area contributed by atoms with Gasteiger partial charge in [0.1, 0.15) is 0 Å². The monoisotopic (exact) mass is 234 g/mol. The van der Waals surface area contributed by atoms with Crippen LogP contribution in [0, 0.1) is 0 Å². The van der Waals surface area contributed by atoms with E-state index in [9.17, 15) is 0 Å². The molecule has 0 aromatic carbocycles. The van der Waals surface area contributed by atoms with Crippen LogP contribution in [0.15, 0.2) is 18.3 Å². The fourth-order valence-corrected chi connectivity index (χ4v) is 1.74. The van der Waals surface area contributed by atoms with Crippen LogP contribution in [0.5, 0.6) is 0 Å². The number of hydrogen-bond donors (Lipinski definition) is 1. The zero-order valence-electron chi connectivity index (χ0n) is 10.2. The lowest BCUT2D eigenvalue weighted by Crippen LogP contribution is -2.23. The molecule has 2 heterocycles. The molecule has 2 aromatic rings. The van der Waals surface area contributed by atoms with Gasteiger partial charge in [-0.05, 0) is 23.8 Å². The third kappa shape index (κ3) is 2.91. The second-order valence-corrected chi connectivity index (χ2v) is 4.19. The van der Waals surface area contributed by atoms with Gasteiger partial charge in [-0.25, -0.2) is 0 Å². The highest BCUT2D eigenvalue weighted by Gasteiger charge is 2.08. The van der Waals surface area contributed by atoms with Gasteiger partial charge in [0.25, 0.3) is 0 Å². The largest absolute Gasteiger partial charge is 0.344 e. The van der Waals surface area contributed by atoms with Gasteiger partial charge >= 0.3 is 0 Å². The first-order valence-corrected chi connectivity index (χ1v) is 5.81. The average molecular weight is 234 g/mol. The van der Waals surface area contributed by atoms with E-state index in [1.807, 2.05) is 12.3 Å². The summed E-state index contributed by atoms with van der Waals surface area (Å²) >= 11 is 0. The Morgan fingerprint density at radius 2 is 2.29 bits per heavy atom. The Bertz CT molecular complexity index is 472. The van der Waals surface area contributed by atoms with Crippen molar-refractivity contribution in [2.45, 2.75) is 32.4 Å². The van der Waals surface area contributed by atoms with Crippen molar-refractivity contribution in [2.24, 2.45) is 12.8 Å². The Hall–Kier alpha value is -1.69. The summed E-state index contributed by atoms with van der Waals surface area (Å²) < 4.78 is 2.12. The lowest BCUT2D eigenvalue weighted by atomic mass is 10.1. The van der Waals surface area contributed by atoms with Gasteiger partial charge < -0.3 is 10.3 Å². The zero-order chi connectivity index (χ0) is 12.3. The Morgan fingerprint density at radius 3 is 2.94 bits per heavy atom. The van der Waals surface area contributed by atoms with Gasteiger partial charge in [-0.1, -0.05) is 6.92 Å². The molecule has 1 unspecified atom stereocenters. The van der Waals surface area contributed by atoms with Gasteiger partial charge in [0.15, 0.2) is 5.82 Å². The van der Waals surface area contributed by atoms with Crippen molar-refractivity contribution < 1.29 is 0 Å². The van der Waals surface area contributed by atoms with E-state index in [1.165, 1.54) is 10.5 Å². The van der Waals surface area contributed by atoms with E-state index in [0.29, 0.717) is 6.54 Å². The molecule has 0 saturated heterocycles. The van der Waals surface area contributed by atoms with Crippen LogP contribution in [0.3, 0.4) is 0 Å². The van der Waals surface area contributed by atoms with Gasteiger partial charge in [0.2, 0.25) is 0 Å². The molecule has 0 aliphatic rings. The number of aryl methyl sites for hydroxylation is 1. The second-order valence-electron chi connectivity index (χ2n) is 4.19. The van der Waals surface area contributed by atoms with E-state index in [0.717, 1.165) is 18.7 Å². The highest BCUT2D eigenvalue weighted by molar-refractivity contribution is 5.10. The second kappa shape index (κ2) is 5.09. The number of nitrogens with zero attached hydrogens (tertiary/aromatic N) is 5. The molecule has 92 valence electrons. The molecule has 2 aromatic heterocycles. The van der Waals surface area contributed by atoms with E-state index in [1.54, 1.807) is 7.05 Å². The molecule has 2 N–H and O–H groups in total. The maximum atomic E-state index is 5.97. The van der Waals surface area contributed by atoms with Crippen LogP contribution in [-0.4, -0.2) is 30.8 Å². The standard InChI is InChI=1S/C11H18N6/c1-3-9(12)7-10-5-4-6-17(10)8-11-13-15-16(2)14-11/h4-6,9H,3,7-8,12H2,1-2H3. The summed E-state index contributed by atoms with van der Waals surface area (Å²) in [6.45, 7) is 2.74. The first kappa shape index (κ1) is 11.8. The number of aromatic nitrogens is 5. The summed E-state index contributed by atoms with van der Waals surface area (Å²) in [7, 11) is 1.76. The number of tetrazole rings is 1. The van der Waals surface area contributed by atoms with Crippen molar-refractivity contribution >= 4 is 0 Å². The van der Waals surface area contributed by atoms with Crippen molar-refractivity contribution in [3.63, 3.8) is 0 Å². The first-order chi connectivity index (χ1) is 8.19. The molecule has 2 rings (SSSR count). The Balaban J connectivity index is 2.08. The van der Waals surface area contributed by atoms with E-state index in [-0.39, 0.29) is 6.04 Å². The summed E-state index contributed by atoms with van der Waals surface area (Å²) in [5, 5.41) is 12.0. The fourth-order valence-electron chi connectivity index (χ4n) is 1.74. The van der Waals surface area contributed by atoms with Crippen LogP contribution in [0.25, 0.3) is 0 Å². The lowest BCUT2D eigenvalue weighted by Gasteiger charge is -2.11. The normalized spacial score (nSPS) is 12.9. The van der Waals surface area contributed by atoms with Crippen LogP contribution in [-0.2, 0) is 20.0 Å². The molecular weight excluding hydrogens is 216 g/mol. The van der Waals surface area contributed by atoms with Crippen LogP contribution < -0.4 is 5.73 Å². The van der Waals surface area contributed by atoms with Crippen LogP contribution in [0.1, 0.15) is 24.9 Å². The van der Waals surface area contributed by atoms with E-state index < -0.39 is 0 Å². The molecule has 17 heavy (non-hydrogen) atoms. The smallest absolute Gasteiger partial charge is 0.194 e. The fraction of sp³-hybridized carbons (Fsp3) is 0.545. The first-order valence-electron chi connectivity index (χ1n) is 5.81. The Morgan fingerprint density at radius 1 is 1.47 bits per heavy atom. The lowest BCUT2D eigenvalue weighted by molar-refractivity contribution is 0.600. The summed E-state index contributed by atoms with van der Waals surface area (Å²) in [5.41, 5.74) is 7.18. The summed E-state index contributed by atoms with van der Waals surface area (Å²) in [5.74, 6) is 0.718. The van der Waals surface area contributed by atoms with Crippen LogP contribution in [0.2, 0.25) is 0 Å². The van der Waals surface area contributed by atoms with Crippen molar-refractivity contribution in [3.05, 3.63) is 29.8 Å². The van der Waals surface area contributed by atoms with Gasteiger partial charge in [-0.3, -0.25) is 0 Å². The van der Waals surface area contributed by atoms with E-state index >= 15 is 0 Å². The number of hydrogen-bond acceptors (Lipinski definition) is 4. The zero-order valence-corrected chi connectivity index (χ0v) is 10.2. The summed E-state index contributed by atoms with van der Waals surface area (Å²) in [6.07, 6.45) is 3.88. The SMILES string of the molecule is CCC(N)Cc1cccn1Cc1nnn(C)n1. The van der Waals surface area contributed by atoms with Crippen LogP contribution >= 0.6 is 0 Å². The summed E-state index contributed by atoms with van der Waals surface area (Å²) in [6, 6.07) is 4.32. The minimum absolute atomic E-state index is 0.207. The molecule has 0 fully saturated rings. The number of rotatable bonds is 5. The molecule has 0 aliphatic carbocycles. The highest BCUT2D eigenvalue weighted by atomic mass is 15.6. The topological polar surface area (TPSA) is 74.6 Å². The predicted molar refractivity (Wildman–Crippen MR) is 64.3 cm³/mol. The molecule has 0 saturated carbocycles. The molecule has 0 radical (unpaired) electrons. The quantitative estimate of drug-likeness (QED) is 0.809. The molecule has 0 aliphatic heterocycles. The molecule has 0 bridgehead atoms. The Labute approximate surface area is 100 Å². The number of nitrogens with two attached hydrogens (primary N) is 1. The third-order valence-corrected chi connectivity index (χ3v) is 2.78. The van der Waals surface area contributed by atoms with Crippen molar-refractivity contribution in [3.8, 4) is 0 Å². The van der Waals surface area contributed by atoms with Gasteiger partial charge in [0, 0.05) is 24.4 Å². The Kier molecular flexibility index (Phi) is 3.53. The van der Waals surface area contributed by atoms with Gasteiger partial charge in [-0.2, -0.15) is 4.80 Å². The van der Waals surface area contributed by atoms with Crippen molar-refractivity contribution in [2.75, 3.05) is 0 Å². The molecule has 0 amide bonds. The van der Waals surface area contributed by atoms with Crippen molar-refractivity contribution in [1.82, 2.24) is 24.8 Å².